The average molecular weight is 313 g/mol. The first-order valence-corrected chi connectivity index (χ1v) is 8.97. The third-order valence-electron chi connectivity index (χ3n) is 4.21. The van der Waals surface area contributed by atoms with Gasteiger partial charge in [0.25, 0.3) is 0 Å². The Bertz CT molecular complexity index is 612. The summed E-state index contributed by atoms with van der Waals surface area (Å²) in [4.78, 5) is 4.33. The van der Waals surface area contributed by atoms with Gasteiger partial charge in [-0.05, 0) is 26.7 Å². The van der Waals surface area contributed by atoms with Gasteiger partial charge in [-0.2, -0.15) is 0 Å². The molecule has 0 amide bonds. The molecular formula is C15H23NO4S. The SMILES string of the molecule is COc1c(C)cnc(CC(O)C2CCCCS2(=O)=O)c1C. The van der Waals surface area contributed by atoms with Gasteiger partial charge < -0.3 is 9.84 Å². The van der Waals surface area contributed by atoms with Gasteiger partial charge in [-0.3, -0.25) is 4.98 Å². The van der Waals surface area contributed by atoms with Crippen LogP contribution in [0.2, 0.25) is 0 Å². The number of nitrogens with zero attached hydrogens (tertiary/aromatic N) is 1. The van der Waals surface area contributed by atoms with E-state index < -0.39 is 21.2 Å². The molecule has 1 aliphatic heterocycles. The van der Waals surface area contributed by atoms with E-state index in [4.69, 9.17) is 4.74 Å². The number of aliphatic hydroxyl groups excluding tert-OH is 1. The predicted molar refractivity (Wildman–Crippen MR) is 81.4 cm³/mol. The van der Waals surface area contributed by atoms with Crippen LogP contribution in [0.15, 0.2) is 6.20 Å². The van der Waals surface area contributed by atoms with Crippen LogP contribution >= 0.6 is 0 Å². The summed E-state index contributed by atoms with van der Waals surface area (Å²) in [5, 5.41) is 9.69. The van der Waals surface area contributed by atoms with Gasteiger partial charge in [0.2, 0.25) is 0 Å². The van der Waals surface area contributed by atoms with Gasteiger partial charge in [-0.1, -0.05) is 6.42 Å². The maximum absolute atomic E-state index is 12.1. The number of hydrogen-bond donors (Lipinski definition) is 1. The molecule has 2 rings (SSSR count). The van der Waals surface area contributed by atoms with Crippen molar-refractivity contribution >= 4 is 9.84 Å². The second kappa shape index (κ2) is 6.32. The van der Waals surface area contributed by atoms with Gasteiger partial charge in [0.05, 0.1) is 24.2 Å². The minimum atomic E-state index is -3.19. The lowest BCUT2D eigenvalue weighted by molar-refractivity contribution is 0.160. The summed E-state index contributed by atoms with van der Waals surface area (Å²) in [5.41, 5.74) is 2.49. The Labute approximate surface area is 126 Å². The number of methoxy groups -OCH3 is 1. The van der Waals surface area contributed by atoms with Crippen molar-refractivity contribution in [2.45, 2.75) is 50.9 Å². The summed E-state index contributed by atoms with van der Waals surface area (Å²) in [6, 6.07) is 0. The first-order chi connectivity index (χ1) is 9.86. The molecule has 118 valence electrons. The smallest absolute Gasteiger partial charge is 0.155 e. The van der Waals surface area contributed by atoms with Crippen LogP contribution in [0.5, 0.6) is 5.75 Å². The van der Waals surface area contributed by atoms with Gasteiger partial charge in [-0.15, -0.1) is 0 Å². The maximum Gasteiger partial charge on any atom is 0.155 e. The molecule has 21 heavy (non-hydrogen) atoms. The number of pyridine rings is 1. The molecule has 0 aromatic carbocycles. The molecule has 0 bridgehead atoms. The number of hydrogen-bond acceptors (Lipinski definition) is 5. The maximum atomic E-state index is 12.1. The summed E-state index contributed by atoms with van der Waals surface area (Å²) in [6.07, 6.45) is 3.11. The Morgan fingerprint density at radius 1 is 1.43 bits per heavy atom. The van der Waals surface area contributed by atoms with Crippen LogP contribution in [0.25, 0.3) is 0 Å². The van der Waals surface area contributed by atoms with E-state index >= 15 is 0 Å². The largest absolute Gasteiger partial charge is 0.496 e. The fourth-order valence-electron chi connectivity index (χ4n) is 3.02. The monoisotopic (exact) mass is 313 g/mol. The van der Waals surface area contributed by atoms with E-state index in [1.807, 2.05) is 13.8 Å². The molecule has 1 N–H and O–H groups in total. The Kier molecular flexibility index (Phi) is 4.88. The number of sulfone groups is 1. The van der Waals surface area contributed by atoms with Crippen molar-refractivity contribution in [3.8, 4) is 5.75 Å². The molecule has 0 saturated carbocycles. The zero-order valence-electron chi connectivity index (χ0n) is 12.8. The van der Waals surface area contributed by atoms with Gasteiger partial charge in [0, 0.05) is 29.4 Å². The van der Waals surface area contributed by atoms with Crippen molar-refractivity contribution in [1.29, 1.82) is 0 Å². The third kappa shape index (κ3) is 3.37. The third-order valence-corrected chi connectivity index (χ3v) is 6.54. The Balaban J connectivity index is 2.22. The summed E-state index contributed by atoms with van der Waals surface area (Å²) in [7, 11) is -1.59. The molecular weight excluding hydrogens is 290 g/mol. The number of aryl methyl sites for hydroxylation is 1. The first-order valence-electron chi connectivity index (χ1n) is 7.25. The summed E-state index contributed by atoms with van der Waals surface area (Å²) in [5.74, 6) is 0.928. The fraction of sp³-hybridized carbons (Fsp3) is 0.667. The zero-order valence-corrected chi connectivity index (χ0v) is 13.6. The standard InChI is InChI=1S/C15H23NO4S/c1-10-9-16-12(11(2)15(10)20-3)8-13(17)14-6-4-5-7-21(14,18)19/h9,13-14,17H,4-8H2,1-3H3. The Hall–Kier alpha value is -1.14. The number of aliphatic hydroxyl groups is 1. The molecule has 1 aromatic rings. The highest BCUT2D eigenvalue weighted by Gasteiger charge is 2.35. The van der Waals surface area contributed by atoms with Crippen LogP contribution in [0, 0.1) is 13.8 Å². The minimum absolute atomic E-state index is 0.179. The van der Waals surface area contributed by atoms with Crippen molar-refractivity contribution in [2.24, 2.45) is 0 Å². The van der Waals surface area contributed by atoms with Crippen molar-refractivity contribution < 1.29 is 18.3 Å². The van der Waals surface area contributed by atoms with Crippen LogP contribution in [-0.2, 0) is 16.3 Å². The molecule has 0 radical (unpaired) electrons. The molecule has 1 aliphatic rings. The normalized spacial score (nSPS) is 22.8. The number of rotatable bonds is 4. The quantitative estimate of drug-likeness (QED) is 0.913. The van der Waals surface area contributed by atoms with Crippen LogP contribution < -0.4 is 4.74 Å². The van der Waals surface area contributed by atoms with Crippen molar-refractivity contribution in [3.63, 3.8) is 0 Å². The second-order valence-electron chi connectivity index (χ2n) is 5.72. The summed E-state index contributed by atoms with van der Waals surface area (Å²) < 4.78 is 29.5. The Morgan fingerprint density at radius 2 is 2.14 bits per heavy atom. The van der Waals surface area contributed by atoms with Crippen LogP contribution in [0.4, 0.5) is 0 Å². The highest BCUT2D eigenvalue weighted by atomic mass is 32.2. The van der Waals surface area contributed by atoms with E-state index in [9.17, 15) is 13.5 Å². The van der Waals surface area contributed by atoms with Gasteiger partial charge in [0.15, 0.2) is 9.84 Å². The molecule has 0 spiro atoms. The zero-order chi connectivity index (χ0) is 15.6. The van der Waals surface area contributed by atoms with Crippen LogP contribution in [0.3, 0.4) is 0 Å². The molecule has 1 fully saturated rings. The van der Waals surface area contributed by atoms with E-state index in [1.54, 1.807) is 13.3 Å². The number of ether oxygens (including phenoxy) is 1. The van der Waals surface area contributed by atoms with Crippen molar-refractivity contribution in [1.82, 2.24) is 4.98 Å². The molecule has 2 atom stereocenters. The van der Waals surface area contributed by atoms with E-state index in [0.29, 0.717) is 18.5 Å². The molecule has 2 heterocycles. The summed E-state index contributed by atoms with van der Waals surface area (Å²) >= 11 is 0. The van der Waals surface area contributed by atoms with Crippen LogP contribution in [-0.4, -0.2) is 42.7 Å². The second-order valence-corrected chi connectivity index (χ2v) is 8.06. The van der Waals surface area contributed by atoms with E-state index in [0.717, 1.165) is 23.3 Å². The van der Waals surface area contributed by atoms with Crippen molar-refractivity contribution in [3.05, 3.63) is 23.0 Å². The lowest BCUT2D eigenvalue weighted by Crippen LogP contribution is -2.39. The average Bonchev–Trinajstić information content (AvgIpc) is 2.42. The van der Waals surface area contributed by atoms with Gasteiger partial charge in [-0.25, -0.2) is 8.42 Å². The highest BCUT2D eigenvalue weighted by Crippen LogP contribution is 2.28. The predicted octanol–water partition coefficient (Wildman–Crippen LogP) is 1.58. The molecule has 1 saturated heterocycles. The molecule has 0 aliphatic carbocycles. The summed E-state index contributed by atoms with van der Waals surface area (Å²) in [6.45, 7) is 3.79. The van der Waals surface area contributed by atoms with E-state index in [1.165, 1.54) is 0 Å². The molecule has 2 unspecified atom stereocenters. The van der Waals surface area contributed by atoms with Gasteiger partial charge >= 0.3 is 0 Å². The van der Waals surface area contributed by atoms with E-state index in [-0.39, 0.29) is 12.2 Å². The topological polar surface area (TPSA) is 76.5 Å². The minimum Gasteiger partial charge on any atom is -0.496 e. The molecule has 6 heteroatoms. The van der Waals surface area contributed by atoms with Crippen molar-refractivity contribution in [2.75, 3.05) is 12.9 Å². The molecule has 5 nitrogen and oxygen atoms in total. The number of aromatic nitrogens is 1. The fourth-order valence-corrected chi connectivity index (χ4v) is 5.03. The lowest BCUT2D eigenvalue weighted by atomic mass is 10.0. The first kappa shape index (κ1) is 16.2. The lowest BCUT2D eigenvalue weighted by Gasteiger charge is -2.27. The Morgan fingerprint density at radius 3 is 2.76 bits per heavy atom. The molecule has 1 aromatic heterocycles. The van der Waals surface area contributed by atoms with Crippen LogP contribution in [0.1, 0.15) is 36.1 Å². The van der Waals surface area contributed by atoms with Gasteiger partial charge in [0.1, 0.15) is 5.75 Å². The van der Waals surface area contributed by atoms with E-state index in [2.05, 4.69) is 4.98 Å². The highest BCUT2D eigenvalue weighted by molar-refractivity contribution is 7.92.